The number of alkyl halides is 3. The second-order valence-electron chi connectivity index (χ2n) is 14.1. The molecule has 2 unspecified atom stereocenters. The van der Waals surface area contributed by atoms with E-state index >= 15 is 0 Å². The van der Waals surface area contributed by atoms with Gasteiger partial charge >= 0.3 is 6.36 Å². The van der Waals surface area contributed by atoms with Gasteiger partial charge in [-0.2, -0.15) is 0 Å². The summed E-state index contributed by atoms with van der Waals surface area (Å²) in [6, 6.07) is 12.6. The van der Waals surface area contributed by atoms with Crippen LogP contribution in [0.4, 0.5) is 24.7 Å². The first kappa shape index (κ1) is 37.1. The Bertz CT molecular complexity index is 1900. The van der Waals surface area contributed by atoms with Crippen LogP contribution in [0.5, 0.6) is 5.75 Å². The summed E-state index contributed by atoms with van der Waals surface area (Å²) in [6.07, 6.45) is -0.957. The van der Waals surface area contributed by atoms with Gasteiger partial charge in [-0.05, 0) is 42.8 Å². The summed E-state index contributed by atoms with van der Waals surface area (Å²) in [5, 5.41) is 2.61. The molecule has 52 heavy (non-hydrogen) atoms. The highest BCUT2D eigenvalue weighted by Crippen LogP contribution is 2.41. The van der Waals surface area contributed by atoms with Crippen LogP contribution in [-0.4, -0.2) is 95.9 Å². The molecule has 0 saturated carbocycles. The number of likely N-dealkylation sites (tertiary alicyclic amines) is 1. The molecule has 2 N–H and O–H groups in total. The second-order valence-corrected chi connectivity index (χ2v) is 14.5. The predicted octanol–water partition coefficient (Wildman–Crippen LogP) is 7.03. The third-order valence-corrected chi connectivity index (χ3v) is 9.66. The molecule has 0 spiro atoms. The van der Waals surface area contributed by atoms with Crippen molar-refractivity contribution in [2.75, 3.05) is 57.1 Å². The summed E-state index contributed by atoms with van der Waals surface area (Å²) in [7, 11) is 3.71. The van der Waals surface area contributed by atoms with Crippen molar-refractivity contribution < 1.29 is 32.2 Å². The number of anilines is 2. The summed E-state index contributed by atoms with van der Waals surface area (Å²) in [6.45, 7) is 8.76. The minimum atomic E-state index is -5.00. The molecule has 2 amide bonds. The smallest absolute Gasteiger partial charge is 0.405 e. The quantitative estimate of drug-likeness (QED) is 0.198. The van der Waals surface area contributed by atoms with E-state index in [-0.39, 0.29) is 39.9 Å². The van der Waals surface area contributed by atoms with Crippen molar-refractivity contribution in [1.29, 1.82) is 0 Å². The lowest BCUT2D eigenvalue weighted by molar-refractivity contribution is -0.274. The third kappa shape index (κ3) is 8.35. The maximum Gasteiger partial charge on any atom is 0.573 e. The van der Waals surface area contributed by atoms with E-state index in [9.17, 15) is 22.8 Å². The molecule has 6 rings (SSSR count). The minimum absolute atomic E-state index is 0.0162. The monoisotopic (exact) mass is 739 g/mol. The average molecular weight is 740 g/mol. The van der Waals surface area contributed by atoms with Crippen molar-refractivity contribution in [3.05, 3.63) is 77.3 Å². The molecule has 2 saturated heterocycles. The fraction of sp³-hybridized carbons (Fsp3) is 0.405. The van der Waals surface area contributed by atoms with E-state index in [0.29, 0.717) is 37.6 Å². The number of imidazole rings is 1. The van der Waals surface area contributed by atoms with Gasteiger partial charge < -0.3 is 29.6 Å². The SMILES string of the molecule is COC1CC(c2ncc(-c3ccc(-c4cc(Cl)c(NC(=O)c5ccc(N6CCN(C(=O)C(C)(C)C)CC6)nc5)cc4OC(F)(F)F)cc3)[nH]2)N(C)C1. The van der Waals surface area contributed by atoms with Gasteiger partial charge in [0.15, 0.2) is 0 Å². The molecule has 4 heterocycles. The Labute approximate surface area is 305 Å². The van der Waals surface area contributed by atoms with Crippen LogP contribution in [0.15, 0.2) is 60.9 Å². The molecular weight excluding hydrogens is 699 g/mol. The number of hydrogen-bond acceptors (Lipinski definition) is 8. The van der Waals surface area contributed by atoms with E-state index in [1.165, 1.54) is 12.3 Å². The number of hydrogen-bond donors (Lipinski definition) is 2. The van der Waals surface area contributed by atoms with Crippen molar-refractivity contribution in [3.63, 3.8) is 0 Å². The zero-order valence-electron chi connectivity index (χ0n) is 29.6. The number of ether oxygens (including phenoxy) is 2. The van der Waals surface area contributed by atoms with Crippen LogP contribution < -0.4 is 15.0 Å². The Morgan fingerprint density at radius 2 is 1.65 bits per heavy atom. The summed E-state index contributed by atoms with van der Waals surface area (Å²) in [5.74, 6) is 0.398. The lowest BCUT2D eigenvalue weighted by Gasteiger charge is -2.38. The van der Waals surface area contributed by atoms with Gasteiger partial charge in [0, 0.05) is 63.1 Å². The van der Waals surface area contributed by atoms with Gasteiger partial charge in [0.05, 0.1) is 40.3 Å². The molecule has 2 aromatic heterocycles. The lowest BCUT2D eigenvalue weighted by Crippen LogP contribution is -2.51. The zero-order chi connectivity index (χ0) is 37.4. The Hall–Kier alpha value is -4.66. The van der Waals surface area contributed by atoms with E-state index in [0.717, 1.165) is 36.1 Å². The normalized spacial score (nSPS) is 18.5. The molecule has 2 aliphatic heterocycles. The van der Waals surface area contributed by atoms with Crippen molar-refractivity contribution in [3.8, 4) is 28.1 Å². The van der Waals surface area contributed by atoms with E-state index in [2.05, 4.69) is 29.9 Å². The van der Waals surface area contributed by atoms with Gasteiger partial charge in [-0.1, -0.05) is 56.6 Å². The molecular formula is C37H41ClF3N7O4. The van der Waals surface area contributed by atoms with Gasteiger partial charge in [-0.15, -0.1) is 13.2 Å². The molecule has 2 aliphatic rings. The van der Waals surface area contributed by atoms with Crippen molar-refractivity contribution >= 4 is 34.9 Å². The van der Waals surface area contributed by atoms with Crippen LogP contribution in [0.3, 0.4) is 0 Å². The van der Waals surface area contributed by atoms with E-state index < -0.39 is 23.4 Å². The Balaban J connectivity index is 1.15. The number of aromatic nitrogens is 3. The van der Waals surface area contributed by atoms with Crippen molar-refractivity contribution in [1.82, 2.24) is 24.8 Å². The number of carbonyl (C=O) groups is 2. The number of methoxy groups -OCH3 is 1. The summed E-state index contributed by atoms with van der Waals surface area (Å²) >= 11 is 6.54. The number of nitrogens with zero attached hydrogens (tertiary/aromatic N) is 5. The van der Waals surface area contributed by atoms with Gasteiger partial charge in [0.25, 0.3) is 5.91 Å². The Morgan fingerprint density at radius 3 is 2.25 bits per heavy atom. The van der Waals surface area contributed by atoms with Gasteiger partial charge in [-0.3, -0.25) is 14.5 Å². The summed E-state index contributed by atoms with van der Waals surface area (Å²) in [5.41, 5.74) is 1.72. The molecule has 11 nitrogen and oxygen atoms in total. The highest BCUT2D eigenvalue weighted by Gasteiger charge is 2.34. The number of carbonyl (C=O) groups excluding carboxylic acids is 2. The minimum Gasteiger partial charge on any atom is -0.405 e. The van der Waals surface area contributed by atoms with Crippen LogP contribution in [0.1, 0.15) is 49.4 Å². The predicted molar refractivity (Wildman–Crippen MR) is 192 cm³/mol. The van der Waals surface area contributed by atoms with E-state index in [1.807, 2.05) is 37.6 Å². The number of rotatable bonds is 8. The molecule has 4 aromatic rings. The second kappa shape index (κ2) is 14.8. The molecule has 276 valence electrons. The molecule has 0 bridgehead atoms. The summed E-state index contributed by atoms with van der Waals surface area (Å²) < 4.78 is 50.7. The number of benzene rings is 2. The third-order valence-electron chi connectivity index (χ3n) is 9.35. The Morgan fingerprint density at radius 1 is 0.962 bits per heavy atom. The fourth-order valence-electron chi connectivity index (χ4n) is 6.52. The molecule has 0 radical (unpaired) electrons. The first-order valence-electron chi connectivity index (χ1n) is 16.9. The highest BCUT2D eigenvalue weighted by molar-refractivity contribution is 6.34. The number of piperazine rings is 1. The number of halogens is 4. The highest BCUT2D eigenvalue weighted by atomic mass is 35.5. The maximum absolute atomic E-state index is 13.6. The number of nitrogens with one attached hydrogen (secondary N) is 2. The lowest BCUT2D eigenvalue weighted by atomic mass is 9.94. The number of H-pyrrole nitrogens is 1. The molecule has 2 fully saturated rings. The van der Waals surface area contributed by atoms with Crippen LogP contribution in [-0.2, 0) is 9.53 Å². The fourth-order valence-corrected chi connectivity index (χ4v) is 6.73. The molecule has 2 atom stereocenters. The number of aromatic amines is 1. The maximum atomic E-state index is 13.6. The van der Waals surface area contributed by atoms with Crippen LogP contribution in [0.25, 0.3) is 22.4 Å². The topological polar surface area (TPSA) is 116 Å². The Kier molecular flexibility index (Phi) is 10.5. The van der Waals surface area contributed by atoms with Gasteiger partial charge in [0.2, 0.25) is 5.91 Å². The van der Waals surface area contributed by atoms with Crippen LogP contribution >= 0.6 is 11.6 Å². The van der Waals surface area contributed by atoms with Crippen LogP contribution in [0, 0.1) is 5.41 Å². The zero-order valence-corrected chi connectivity index (χ0v) is 30.3. The number of likely N-dealkylation sites (N-methyl/N-ethyl adjacent to an activating group) is 1. The molecule has 2 aromatic carbocycles. The van der Waals surface area contributed by atoms with E-state index in [1.54, 1.807) is 49.7 Å². The van der Waals surface area contributed by atoms with Gasteiger partial charge in [0.1, 0.15) is 17.4 Å². The standard InChI is InChI=1S/C37H41ClF3N7O4/c1-36(2,3)35(50)48-14-12-47(13-15-48)32-11-10-24(19-42-32)34(49)45-28-18-31(52-37(39,40)41)26(17-27(28)38)22-6-8-23(9-7-22)29-20-43-33(44-29)30-16-25(51-5)21-46(30)4/h6-11,17-20,25,30H,12-16,21H2,1-5H3,(H,43,44)(H,45,49). The number of amides is 2. The first-order valence-corrected chi connectivity index (χ1v) is 17.3. The largest absolute Gasteiger partial charge is 0.573 e. The van der Waals surface area contributed by atoms with Crippen molar-refractivity contribution in [2.45, 2.75) is 45.7 Å². The number of pyridine rings is 1. The summed E-state index contributed by atoms with van der Waals surface area (Å²) in [4.78, 5) is 44.2. The first-order chi connectivity index (χ1) is 24.6. The van der Waals surface area contributed by atoms with Crippen LogP contribution in [0.2, 0.25) is 5.02 Å². The van der Waals surface area contributed by atoms with Crippen molar-refractivity contribution in [2.24, 2.45) is 5.41 Å². The van der Waals surface area contributed by atoms with Gasteiger partial charge in [-0.25, -0.2) is 9.97 Å². The molecule has 15 heteroatoms. The molecule has 0 aliphatic carbocycles. The van der Waals surface area contributed by atoms with E-state index in [4.69, 9.17) is 16.3 Å². The average Bonchev–Trinajstić information content (AvgIpc) is 3.75.